The first-order chi connectivity index (χ1) is 13.8. The summed E-state index contributed by atoms with van der Waals surface area (Å²) in [6.07, 6.45) is 1.02. The Hall–Kier alpha value is -2.71. The fourth-order valence-electron chi connectivity index (χ4n) is 3.61. The van der Waals surface area contributed by atoms with Gasteiger partial charge in [0.2, 0.25) is 5.91 Å². The largest absolute Gasteiger partial charge is 0.389 e. The average molecular weight is 408 g/mol. The van der Waals surface area contributed by atoms with E-state index in [1.165, 1.54) is 12.3 Å². The predicted molar refractivity (Wildman–Crippen MR) is 101 cm³/mol. The first-order valence-corrected chi connectivity index (χ1v) is 9.61. The zero-order chi connectivity index (χ0) is 21.0. The molecule has 0 aromatic carbocycles. The van der Waals surface area contributed by atoms with Gasteiger partial charge in [-0.25, -0.2) is 9.97 Å². The number of aromatic nitrogens is 3. The zero-order valence-corrected chi connectivity index (χ0v) is 16.0. The molecule has 1 N–H and O–H groups in total. The maximum atomic E-state index is 12.4. The number of unbranched alkanes of at least 4 members (excludes halogenated alkanes) is 1. The van der Waals surface area contributed by atoms with Crippen molar-refractivity contribution in [3.8, 4) is 0 Å². The van der Waals surface area contributed by atoms with Gasteiger partial charge in [0.25, 0.3) is 0 Å². The van der Waals surface area contributed by atoms with Gasteiger partial charge in [-0.05, 0) is 37.7 Å². The van der Waals surface area contributed by atoms with Crippen molar-refractivity contribution in [2.45, 2.75) is 44.7 Å². The van der Waals surface area contributed by atoms with Crippen LogP contribution in [0.2, 0.25) is 0 Å². The van der Waals surface area contributed by atoms with E-state index in [1.807, 2.05) is 0 Å². The summed E-state index contributed by atoms with van der Waals surface area (Å²) in [6.45, 7) is 4.81. The van der Waals surface area contributed by atoms with Gasteiger partial charge < -0.3 is 9.88 Å². The number of nitrogens with zero attached hydrogens (tertiary/aromatic N) is 3. The van der Waals surface area contributed by atoms with E-state index in [4.69, 9.17) is 0 Å². The summed E-state index contributed by atoms with van der Waals surface area (Å²) in [7, 11) is 0. The normalized spacial score (nSPS) is 17.1. The number of halogens is 3. The lowest BCUT2D eigenvalue weighted by Crippen LogP contribution is -2.26. The van der Waals surface area contributed by atoms with Gasteiger partial charge in [0.05, 0.1) is 17.5 Å². The van der Waals surface area contributed by atoms with Crippen molar-refractivity contribution in [1.29, 1.82) is 0 Å². The van der Waals surface area contributed by atoms with Crippen molar-refractivity contribution in [3.63, 3.8) is 0 Å². The van der Waals surface area contributed by atoms with E-state index in [0.717, 1.165) is 12.1 Å². The molecule has 2 aromatic heterocycles. The minimum absolute atomic E-state index is 0.0379. The Labute approximate surface area is 166 Å². The number of ketones is 1. The summed E-state index contributed by atoms with van der Waals surface area (Å²) < 4.78 is 36.7. The van der Waals surface area contributed by atoms with Gasteiger partial charge in [0.15, 0.2) is 11.4 Å². The molecule has 6 nitrogen and oxygen atoms in total. The highest BCUT2D eigenvalue weighted by atomic mass is 19.4. The number of Topliss-reactive ketones (excluding diaryl/α,β-unsaturated/α-hetero) is 1. The van der Waals surface area contributed by atoms with Gasteiger partial charge in [-0.1, -0.05) is 6.58 Å². The smallest absolute Gasteiger partial charge is 0.344 e. The summed E-state index contributed by atoms with van der Waals surface area (Å²) >= 11 is 0. The minimum atomic E-state index is -4.20. The summed E-state index contributed by atoms with van der Waals surface area (Å²) in [6, 6.07) is 0. The number of nitrogens with one attached hydrogen (secondary N) is 1. The quantitative estimate of drug-likeness (QED) is 0.409. The lowest BCUT2D eigenvalue weighted by atomic mass is 10.0. The fraction of sp³-hybridized carbons (Fsp3) is 0.500. The molecule has 3 heterocycles. The number of carbonyl (C=O) groups is 2. The third-order valence-electron chi connectivity index (χ3n) is 5.12. The zero-order valence-electron chi connectivity index (χ0n) is 16.0. The van der Waals surface area contributed by atoms with Gasteiger partial charge in [-0.2, -0.15) is 13.2 Å². The number of likely N-dealkylation sites (tertiary alicyclic amines) is 1. The van der Waals surface area contributed by atoms with Gasteiger partial charge >= 0.3 is 6.18 Å². The lowest BCUT2D eigenvalue weighted by molar-refractivity contribution is -0.135. The van der Waals surface area contributed by atoms with Crippen LogP contribution in [-0.2, 0) is 11.2 Å². The van der Waals surface area contributed by atoms with Crippen LogP contribution < -0.4 is 0 Å². The highest BCUT2D eigenvalue weighted by Gasteiger charge is 2.27. The highest BCUT2D eigenvalue weighted by Crippen LogP contribution is 2.25. The first kappa shape index (κ1) is 21.0. The molecule has 1 aliphatic rings. The Morgan fingerprint density at radius 3 is 2.86 bits per heavy atom. The molecule has 1 amide bonds. The lowest BCUT2D eigenvalue weighted by Gasteiger charge is -2.13. The van der Waals surface area contributed by atoms with Crippen LogP contribution in [-0.4, -0.2) is 50.8 Å². The monoisotopic (exact) mass is 408 g/mol. The second-order valence-corrected chi connectivity index (χ2v) is 7.35. The van der Waals surface area contributed by atoms with E-state index in [-0.39, 0.29) is 36.9 Å². The third kappa shape index (κ3) is 5.42. The molecule has 29 heavy (non-hydrogen) atoms. The van der Waals surface area contributed by atoms with Crippen LogP contribution in [0.5, 0.6) is 0 Å². The van der Waals surface area contributed by atoms with Crippen LogP contribution in [0.3, 0.4) is 0 Å². The van der Waals surface area contributed by atoms with Gasteiger partial charge in [0, 0.05) is 32.1 Å². The van der Waals surface area contributed by atoms with Crippen molar-refractivity contribution in [1.82, 2.24) is 19.9 Å². The maximum Gasteiger partial charge on any atom is 0.389 e. The molecule has 0 unspecified atom stereocenters. The van der Waals surface area contributed by atoms with Crippen LogP contribution in [0.1, 0.15) is 48.2 Å². The molecule has 0 bridgehead atoms. The first-order valence-electron chi connectivity index (χ1n) is 9.61. The van der Waals surface area contributed by atoms with Crippen molar-refractivity contribution in [3.05, 3.63) is 36.3 Å². The van der Waals surface area contributed by atoms with Crippen LogP contribution in [0, 0.1) is 5.92 Å². The van der Waals surface area contributed by atoms with Gasteiger partial charge in [-0.3, -0.25) is 9.59 Å². The van der Waals surface area contributed by atoms with Crippen molar-refractivity contribution < 1.29 is 22.8 Å². The van der Waals surface area contributed by atoms with Gasteiger partial charge in [-0.15, -0.1) is 0 Å². The number of H-pyrrole nitrogens is 1. The maximum absolute atomic E-state index is 12.4. The van der Waals surface area contributed by atoms with Crippen molar-refractivity contribution >= 4 is 22.9 Å². The number of hydrogen-bond acceptors (Lipinski definition) is 4. The molecule has 9 heteroatoms. The Bertz CT molecular complexity index is 907. The molecule has 0 aliphatic carbocycles. The molecule has 0 spiro atoms. The highest BCUT2D eigenvalue weighted by molar-refractivity contribution is 6.05. The number of alkyl halides is 3. The fourth-order valence-corrected chi connectivity index (χ4v) is 3.61. The number of fused-ring (bicyclic) bond motifs is 1. The molecule has 1 aliphatic heterocycles. The van der Waals surface area contributed by atoms with E-state index in [9.17, 15) is 22.8 Å². The Morgan fingerprint density at radius 1 is 1.34 bits per heavy atom. The molecule has 1 fully saturated rings. The molecule has 1 atom stereocenters. The van der Waals surface area contributed by atoms with Crippen molar-refractivity contribution in [2.24, 2.45) is 5.92 Å². The predicted octanol–water partition coefficient (Wildman–Crippen LogP) is 3.84. The standard InChI is InChI=1S/C20H23F3N4O2/c1-2-17(29)27-8-6-13(12-27)9-14-10-24-19-18(26-14)15(11-25-19)16(28)5-3-4-7-20(21,22)23/h2,10-11,13H,1,3-9,12H2,(H,24,25)/t13-/m0/s1. The second-order valence-electron chi connectivity index (χ2n) is 7.35. The SMILES string of the molecule is C=CC(=O)N1CC[C@@H](Cc2cnc3[nH]cc(C(=O)CCCCC(F)(F)F)c3n2)C1. The topological polar surface area (TPSA) is 79.0 Å². The molecular formula is C20H23F3N4O2. The third-order valence-corrected chi connectivity index (χ3v) is 5.12. The summed E-state index contributed by atoms with van der Waals surface area (Å²) in [5.74, 6) is -0.0716. The van der Waals surface area contributed by atoms with Crippen LogP contribution in [0.15, 0.2) is 25.0 Å². The summed E-state index contributed by atoms with van der Waals surface area (Å²) in [4.78, 5) is 37.6. The van der Waals surface area contributed by atoms with E-state index in [0.29, 0.717) is 36.2 Å². The molecule has 0 radical (unpaired) electrons. The number of hydrogen-bond donors (Lipinski definition) is 1. The van der Waals surface area contributed by atoms with E-state index < -0.39 is 12.6 Å². The molecule has 1 saturated heterocycles. The van der Waals surface area contributed by atoms with Crippen LogP contribution >= 0.6 is 0 Å². The van der Waals surface area contributed by atoms with E-state index in [1.54, 1.807) is 11.1 Å². The van der Waals surface area contributed by atoms with Crippen LogP contribution in [0.25, 0.3) is 11.2 Å². The van der Waals surface area contributed by atoms with E-state index in [2.05, 4.69) is 21.5 Å². The summed E-state index contributed by atoms with van der Waals surface area (Å²) in [5, 5.41) is 0. The number of rotatable bonds is 8. The van der Waals surface area contributed by atoms with E-state index >= 15 is 0 Å². The van der Waals surface area contributed by atoms with Crippen molar-refractivity contribution in [2.75, 3.05) is 13.1 Å². The minimum Gasteiger partial charge on any atom is -0.344 e. The second kappa shape index (κ2) is 8.75. The Kier molecular flexibility index (Phi) is 6.34. The van der Waals surface area contributed by atoms with Gasteiger partial charge in [0.1, 0.15) is 5.52 Å². The molecular weight excluding hydrogens is 385 g/mol. The number of aromatic amines is 1. The number of carbonyl (C=O) groups excluding carboxylic acids is 2. The molecule has 0 saturated carbocycles. The molecule has 2 aromatic rings. The average Bonchev–Trinajstić information content (AvgIpc) is 3.30. The number of amides is 1. The molecule has 3 rings (SSSR count). The summed E-state index contributed by atoms with van der Waals surface area (Å²) in [5.41, 5.74) is 2.00. The van der Waals surface area contributed by atoms with Crippen LogP contribution in [0.4, 0.5) is 13.2 Å². The molecule has 156 valence electrons. The Balaban J connectivity index is 1.63. The Morgan fingerprint density at radius 2 is 2.14 bits per heavy atom.